The maximum absolute atomic E-state index is 11.5. The molecule has 0 N–H and O–H groups in total. The highest BCUT2D eigenvalue weighted by Crippen LogP contribution is 2.35. The molecule has 2 rings (SSSR count). The molecule has 2 aromatic rings. The van der Waals surface area contributed by atoms with Gasteiger partial charge >= 0.3 is 5.97 Å². The molecule has 2 heterocycles. The lowest BCUT2D eigenvalue weighted by molar-refractivity contribution is 0.0605. The van der Waals surface area contributed by atoms with E-state index in [1.54, 1.807) is 13.0 Å². The Balaban J connectivity index is 2.44. The van der Waals surface area contributed by atoms with Crippen LogP contribution in [0.4, 0.5) is 0 Å². The second-order valence-corrected chi connectivity index (χ2v) is 5.73. The van der Waals surface area contributed by atoms with Crippen LogP contribution in [0.1, 0.15) is 15.4 Å². The standard InChI is InChI=1S/C10H7Br2NO3S/c1-4-7(10(14)15-2)17-9(13-4)6-3-5(11)8(12)16-6/h3H,1-2H3. The summed E-state index contributed by atoms with van der Waals surface area (Å²) in [7, 11) is 1.35. The van der Waals surface area contributed by atoms with Crippen molar-refractivity contribution in [2.45, 2.75) is 6.92 Å². The van der Waals surface area contributed by atoms with Crippen molar-refractivity contribution in [2.75, 3.05) is 7.11 Å². The van der Waals surface area contributed by atoms with Gasteiger partial charge in [0.05, 0.1) is 17.3 Å². The van der Waals surface area contributed by atoms with Crippen molar-refractivity contribution in [3.05, 3.63) is 25.8 Å². The molecule has 0 radical (unpaired) electrons. The number of ether oxygens (including phenoxy) is 1. The summed E-state index contributed by atoms with van der Waals surface area (Å²) in [6.45, 7) is 1.76. The van der Waals surface area contributed by atoms with Crippen molar-refractivity contribution >= 4 is 49.2 Å². The highest BCUT2D eigenvalue weighted by molar-refractivity contribution is 9.13. The molecular formula is C10H7Br2NO3S. The van der Waals surface area contributed by atoms with E-state index in [0.29, 0.717) is 26.0 Å². The lowest BCUT2D eigenvalue weighted by Crippen LogP contribution is -1.99. The van der Waals surface area contributed by atoms with Crippen molar-refractivity contribution in [1.29, 1.82) is 0 Å². The number of nitrogens with zero attached hydrogens (tertiary/aromatic N) is 1. The van der Waals surface area contributed by atoms with Crippen LogP contribution in [0, 0.1) is 6.92 Å². The Labute approximate surface area is 118 Å². The number of aryl methyl sites for hydroxylation is 1. The third kappa shape index (κ3) is 2.46. The molecule has 0 amide bonds. The molecule has 2 aromatic heterocycles. The predicted octanol–water partition coefficient (Wildman–Crippen LogP) is 4.02. The van der Waals surface area contributed by atoms with Gasteiger partial charge in [-0.2, -0.15) is 0 Å². The smallest absolute Gasteiger partial charge is 0.349 e. The molecule has 0 spiro atoms. The molecule has 0 aliphatic heterocycles. The SMILES string of the molecule is COC(=O)c1sc(-c2cc(Br)c(Br)o2)nc1C. The monoisotopic (exact) mass is 379 g/mol. The number of halogens is 2. The Morgan fingerprint density at radius 1 is 1.53 bits per heavy atom. The van der Waals surface area contributed by atoms with Crippen molar-refractivity contribution in [3.8, 4) is 10.8 Å². The number of methoxy groups -OCH3 is 1. The fraction of sp³-hybridized carbons (Fsp3) is 0.200. The normalized spacial score (nSPS) is 10.6. The molecule has 0 aliphatic rings. The second-order valence-electron chi connectivity index (χ2n) is 3.16. The van der Waals surface area contributed by atoms with E-state index in [1.807, 2.05) is 0 Å². The van der Waals surface area contributed by atoms with E-state index in [9.17, 15) is 4.79 Å². The molecular weight excluding hydrogens is 374 g/mol. The Bertz CT molecular complexity index is 557. The number of esters is 1. The van der Waals surface area contributed by atoms with Crippen molar-refractivity contribution < 1.29 is 13.9 Å². The maximum Gasteiger partial charge on any atom is 0.349 e. The topological polar surface area (TPSA) is 52.3 Å². The van der Waals surface area contributed by atoms with Crippen LogP contribution in [0.25, 0.3) is 10.8 Å². The second kappa shape index (κ2) is 4.91. The van der Waals surface area contributed by atoms with Crippen LogP contribution in [-0.4, -0.2) is 18.1 Å². The first-order chi connectivity index (χ1) is 8.02. The lowest BCUT2D eigenvalue weighted by atomic mass is 10.4. The van der Waals surface area contributed by atoms with E-state index in [0.717, 1.165) is 4.47 Å². The van der Waals surface area contributed by atoms with Crippen LogP contribution in [0.15, 0.2) is 19.6 Å². The molecule has 0 bridgehead atoms. The predicted molar refractivity (Wildman–Crippen MR) is 71.3 cm³/mol. The fourth-order valence-corrected chi connectivity index (χ4v) is 2.75. The van der Waals surface area contributed by atoms with Gasteiger partial charge in [-0.05, 0) is 38.8 Å². The average Bonchev–Trinajstić information content (AvgIpc) is 2.82. The van der Waals surface area contributed by atoms with E-state index in [-0.39, 0.29) is 5.97 Å². The number of carbonyl (C=O) groups is 1. The molecule has 7 heteroatoms. The minimum Gasteiger partial charge on any atom is -0.465 e. The number of aromatic nitrogens is 1. The molecule has 0 saturated heterocycles. The Hall–Kier alpha value is -0.660. The van der Waals surface area contributed by atoms with Crippen LogP contribution < -0.4 is 0 Å². The number of thiazole rings is 1. The summed E-state index contributed by atoms with van der Waals surface area (Å²) in [5.41, 5.74) is 0.639. The molecule has 0 unspecified atom stereocenters. The third-order valence-electron chi connectivity index (χ3n) is 2.02. The summed E-state index contributed by atoms with van der Waals surface area (Å²) in [6, 6.07) is 1.80. The van der Waals surface area contributed by atoms with Gasteiger partial charge < -0.3 is 9.15 Å². The van der Waals surface area contributed by atoms with E-state index < -0.39 is 0 Å². The van der Waals surface area contributed by atoms with E-state index >= 15 is 0 Å². The Morgan fingerprint density at radius 3 is 2.76 bits per heavy atom. The first-order valence-electron chi connectivity index (χ1n) is 4.54. The number of carbonyl (C=O) groups excluding carboxylic acids is 1. The molecule has 0 aromatic carbocycles. The first-order valence-corrected chi connectivity index (χ1v) is 6.94. The average molecular weight is 381 g/mol. The first kappa shape index (κ1) is 12.8. The van der Waals surface area contributed by atoms with Gasteiger partial charge in [0.1, 0.15) is 4.88 Å². The molecule has 0 fully saturated rings. The summed E-state index contributed by atoms with van der Waals surface area (Å²) in [5, 5.41) is 0.648. The van der Waals surface area contributed by atoms with Crippen molar-refractivity contribution in [1.82, 2.24) is 4.98 Å². The minimum absolute atomic E-state index is 0.379. The summed E-state index contributed by atoms with van der Waals surface area (Å²) < 4.78 is 11.5. The van der Waals surface area contributed by atoms with Crippen LogP contribution >= 0.6 is 43.2 Å². The van der Waals surface area contributed by atoms with Gasteiger partial charge in [-0.25, -0.2) is 9.78 Å². The van der Waals surface area contributed by atoms with E-state index in [2.05, 4.69) is 41.6 Å². The molecule has 90 valence electrons. The Kier molecular flexibility index (Phi) is 3.70. The van der Waals surface area contributed by atoms with Gasteiger partial charge in [-0.15, -0.1) is 11.3 Å². The summed E-state index contributed by atoms with van der Waals surface area (Å²) in [4.78, 5) is 16.2. The summed E-state index contributed by atoms with van der Waals surface area (Å²) >= 11 is 7.83. The zero-order valence-electron chi connectivity index (χ0n) is 8.91. The number of hydrogen-bond donors (Lipinski definition) is 0. The number of furan rings is 1. The number of hydrogen-bond acceptors (Lipinski definition) is 5. The van der Waals surface area contributed by atoms with Gasteiger partial charge in [-0.3, -0.25) is 0 Å². The lowest BCUT2D eigenvalue weighted by Gasteiger charge is -1.93. The van der Waals surface area contributed by atoms with Crippen LogP contribution in [0.5, 0.6) is 0 Å². The fourth-order valence-electron chi connectivity index (χ4n) is 1.24. The molecule has 0 saturated carbocycles. The molecule has 0 aliphatic carbocycles. The highest BCUT2D eigenvalue weighted by Gasteiger charge is 2.19. The molecule has 0 atom stereocenters. The minimum atomic E-state index is -0.379. The zero-order chi connectivity index (χ0) is 12.6. The largest absolute Gasteiger partial charge is 0.465 e. The van der Waals surface area contributed by atoms with Crippen LogP contribution in [0.2, 0.25) is 0 Å². The van der Waals surface area contributed by atoms with Crippen molar-refractivity contribution in [2.24, 2.45) is 0 Å². The van der Waals surface area contributed by atoms with Crippen LogP contribution in [-0.2, 0) is 4.74 Å². The summed E-state index contributed by atoms with van der Waals surface area (Å²) in [5.74, 6) is 0.225. The van der Waals surface area contributed by atoms with Gasteiger partial charge in [0.25, 0.3) is 0 Å². The molecule has 4 nitrogen and oxygen atoms in total. The maximum atomic E-state index is 11.5. The molecule has 17 heavy (non-hydrogen) atoms. The quantitative estimate of drug-likeness (QED) is 0.738. The van der Waals surface area contributed by atoms with E-state index in [4.69, 9.17) is 4.42 Å². The highest BCUT2D eigenvalue weighted by atomic mass is 79.9. The van der Waals surface area contributed by atoms with Gasteiger partial charge in [0.15, 0.2) is 15.4 Å². The zero-order valence-corrected chi connectivity index (χ0v) is 12.9. The van der Waals surface area contributed by atoms with Gasteiger partial charge in [0.2, 0.25) is 0 Å². The van der Waals surface area contributed by atoms with Crippen molar-refractivity contribution in [3.63, 3.8) is 0 Å². The van der Waals surface area contributed by atoms with Crippen LogP contribution in [0.3, 0.4) is 0 Å². The van der Waals surface area contributed by atoms with Gasteiger partial charge in [0, 0.05) is 6.07 Å². The van der Waals surface area contributed by atoms with E-state index in [1.165, 1.54) is 18.4 Å². The third-order valence-corrected chi connectivity index (χ3v) is 4.89. The van der Waals surface area contributed by atoms with Gasteiger partial charge in [-0.1, -0.05) is 0 Å². The Morgan fingerprint density at radius 2 is 2.24 bits per heavy atom. The summed E-state index contributed by atoms with van der Waals surface area (Å²) in [6.07, 6.45) is 0. The number of rotatable bonds is 2.